The number of guanidine groups is 1. The molecule has 2 fully saturated rings. The van der Waals surface area contributed by atoms with Gasteiger partial charge in [-0.3, -0.25) is 14.6 Å². The summed E-state index contributed by atoms with van der Waals surface area (Å²) >= 11 is 0. The first kappa shape index (κ1) is 37.6. The molecular weight excluding hydrogens is 697 g/mol. The summed E-state index contributed by atoms with van der Waals surface area (Å²) in [6.07, 6.45) is 6.05. The van der Waals surface area contributed by atoms with Gasteiger partial charge in [-0.1, -0.05) is 76.2 Å². The van der Waals surface area contributed by atoms with Crippen molar-refractivity contribution in [2.45, 2.75) is 84.0 Å². The number of primary amides is 1. The van der Waals surface area contributed by atoms with Gasteiger partial charge in [0.2, 0.25) is 5.91 Å². The van der Waals surface area contributed by atoms with Crippen molar-refractivity contribution < 1.29 is 19.1 Å². The number of aromatic amines is 2. The van der Waals surface area contributed by atoms with E-state index in [9.17, 15) is 14.4 Å². The van der Waals surface area contributed by atoms with Gasteiger partial charge in [0, 0.05) is 25.6 Å². The minimum atomic E-state index is -1.36. The Bertz CT molecular complexity index is 2040. The summed E-state index contributed by atoms with van der Waals surface area (Å²) in [6, 6.07) is 15.9. The molecule has 3 aliphatic heterocycles. The number of imidazole rings is 2. The summed E-state index contributed by atoms with van der Waals surface area (Å²) in [5, 5.41) is 6.56. The predicted octanol–water partition coefficient (Wildman–Crippen LogP) is 5.54. The van der Waals surface area contributed by atoms with Crippen LogP contribution in [0.15, 0.2) is 65.9 Å². The van der Waals surface area contributed by atoms with Crippen molar-refractivity contribution in [3.8, 4) is 33.6 Å². The van der Waals surface area contributed by atoms with Crippen LogP contribution in [0.3, 0.4) is 0 Å². The fourth-order valence-electron chi connectivity index (χ4n) is 7.84. The highest BCUT2D eigenvalue weighted by Crippen LogP contribution is 2.37. The maximum atomic E-state index is 13.8. The number of likely N-dealkylation sites (tertiary alicyclic amines) is 2. The molecule has 2 saturated heterocycles. The molecule has 0 radical (unpaired) electrons. The minimum absolute atomic E-state index is 0.0747. The maximum Gasteiger partial charge on any atom is 0.405 e. The fraction of sp³-hybridized carbons (Fsp3) is 0.463. The zero-order valence-corrected chi connectivity index (χ0v) is 32.3. The largest absolute Gasteiger partial charge is 0.433 e. The molecule has 0 spiro atoms. The number of H-pyrrole nitrogens is 2. The van der Waals surface area contributed by atoms with Gasteiger partial charge in [0.1, 0.15) is 17.7 Å². The van der Waals surface area contributed by atoms with E-state index in [0.29, 0.717) is 31.4 Å². The van der Waals surface area contributed by atoms with E-state index < -0.39 is 11.7 Å². The summed E-state index contributed by atoms with van der Waals surface area (Å²) in [5.41, 5.74) is 9.87. The highest BCUT2D eigenvalue weighted by molar-refractivity contribution is 5.90. The summed E-state index contributed by atoms with van der Waals surface area (Å²) in [6.45, 7) is 12.2. The van der Waals surface area contributed by atoms with E-state index in [1.807, 2.05) is 24.9 Å². The molecular formula is C41H52N10O4. The third kappa shape index (κ3) is 7.67. The van der Waals surface area contributed by atoms with Crippen molar-refractivity contribution in [2.75, 3.05) is 26.2 Å². The minimum Gasteiger partial charge on any atom is -0.433 e. The highest BCUT2D eigenvalue weighted by Gasteiger charge is 2.47. The maximum absolute atomic E-state index is 13.8. The van der Waals surface area contributed by atoms with Crippen LogP contribution >= 0.6 is 0 Å². The van der Waals surface area contributed by atoms with Gasteiger partial charge in [0.15, 0.2) is 11.6 Å². The molecule has 2 aromatic carbocycles. The monoisotopic (exact) mass is 748 g/mol. The molecule has 5 heterocycles. The molecule has 0 aliphatic carbocycles. The Morgan fingerprint density at radius 3 is 1.80 bits per heavy atom. The standard InChI is InChI=1S/C41H52N10O4/c1-24(2)34(49-40-43-18-19-44-40)37(52)50-20-6-8-32(50)35-45-22-30(47-35)28-14-10-26(11-15-28)27-12-16-29(17-13-27)31-23-46-36(48-31)33-9-7-21-51(33)38(53)41(5,25(3)4)55-39(42)54/h10-17,22-25,32-34H,6-9,18-21H2,1-5H3,(H2,42,54)(H,45,47)(H,46,48)(H2,43,44,49)/t32-,33-,34-,41-/m0/s1. The Hall–Kier alpha value is -5.66. The van der Waals surface area contributed by atoms with Crippen LogP contribution in [0.4, 0.5) is 4.79 Å². The van der Waals surface area contributed by atoms with Crippen molar-refractivity contribution in [1.82, 2.24) is 40.4 Å². The number of ether oxygens (including phenoxy) is 1. The average Bonchev–Trinajstić information content (AvgIpc) is 4.03. The van der Waals surface area contributed by atoms with Crippen LogP contribution in [0.5, 0.6) is 0 Å². The summed E-state index contributed by atoms with van der Waals surface area (Å²) in [5.74, 6) is 1.85. The molecule has 6 N–H and O–H groups in total. The summed E-state index contributed by atoms with van der Waals surface area (Å²) in [7, 11) is 0. The lowest BCUT2D eigenvalue weighted by Gasteiger charge is -2.36. The Kier molecular flexibility index (Phi) is 10.7. The van der Waals surface area contributed by atoms with E-state index in [-0.39, 0.29) is 41.8 Å². The van der Waals surface area contributed by atoms with Gasteiger partial charge in [-0.2, -0.15) is 0 Å². The second kappa shape index (κ2) is 15.6. The number of nitrogens with one attached hydrogen (secondary N) is 4. The molecule has 2 aromatic heterocycles. The number of nitrogens with zero attached hydrogens (tertiary/aromatic N) is 5. The van der Waals surface area contributed by atoms with Crippen molar-refractivity contribution in [3.05, 3.63) is 72.6 Å². The number of aromatic nitrogens is 4. The molecule has 290 valence electrons. The third-order valence-electron chi connectivity index (χ3n) is 11.3. The smallest absolute Gasteiger partial charge is 0.405 e. The second-order valence-electron chi connectivity index (χ2n) is 15.6. The van der Waals surface area contributed by atoms with Gasteiger partial charge in [0.25, 0.3) is 5.91 Å². The summed E-state index contributed by atoms with van der Waals surface area (Å²) < 4.78 is 5.36. The number of carbonyl (C=O) groups excluding carboxylic acids is 3. The number of nitrogens with two attached hydrogens (primary N) is 1. The van der Waals surface area contributed by atoms with Gasteiger partial charge in [0.05, 0.1) is 42.4 Å². The van der Waals surface area contributed by atoms with E-state index in [2.05, 4.69) is 93.0 Å². The van der Waals surface area contributed by atoms with E-state index in [1.165, 1.54) is 0 Å². The molecule has 3 aliphatic rings. The lowest BCUT2D eigenvalue weighted by molar-refractivity contribution is -0.155. The first-order valence-corrected chi connectivity index (χ1v) is 19.4. The molecule has 3 amide bonds. The molecule has 4 aromatic rings. The molecule has 0 bridgehead atoms. The molecule has 55 heavy (non-hydrogen) atoms. The second-order valence-corrected chi connectivity index (χ2v) is 15.6. The van der Waals surface area contributed by atoms with Crippen molar-refractivity contribution in [2.24, 2.45) is 22.6 Å². The molecule has 4 atom stereocenters. The van der Waals surface area contributed by atoms with Crippen molar-refractivity contribution >= 4 is 23.9 Å². The van der Waals surface area contributed by atoms with Crippen LogP contribution in [0, 0.1) is 11.8 Å². The molecule has 14 heteroatoms. The predicted molar refractivity (Wildman–Crippen MR) is 210 cm³/mol. The lowest BCUT2D eigenvalue weighted by atomic mass is 9.90. The Morgan fingerprint density at radius 1 is 0.818 bits per heavy atom. The number of benzene rings is 2. The van der Waals surface area contributed by atoms with Crippen LogP contribution < -0.4 is 16.4 Å². The van der Waals surface area contributed by atoms with Gasteiger partial charge < -0.3 is 40.9 Å². The first-order valence-electron chi connectivity index (χ1n) is 19.4. The van der Waals surface area contributed by atoms with Crippen molar-refractivity contribution in [3.63, 3.8) is 0 Å². The van der Waals surface area contributed by atoms with Gasteiger partial charge in [-0.15, -0.1) is 0 Å². The summed E-state index contributed by atoms with van der Waals surface area (Å²) in [4.78, 5) is 63.6. The number of hydrogen-bond acceptors (Lipinski definition) is 9. The first-order chi connectivity index (χ1) is 26.4. The van der Waals surface area contributed by atoms with E-state index in [0.717, 1.165) is 71.7 Å². The normalized spacial score (nSPS) is 20.0. The number of amides is 3. The van der Waals surface area contributed by atoms with E-state index in [4.69, 9.17) is 15.5 Å². The molecule has 0 saturated carbocycles. The molecule has 14 nitrogen and oxygen atoms in total. The quantitative estimate of drug-likeness (QED) is 0.132. The zero-order chi connectivity index (χ0) is 38.9. The fourth-order valence-corrected chi connectivity index (χ4v) is 7.84. The Morgan fingerprint density at radius 2 is 1.33 bits per heavy atom. The third-order valence-corrected chi connectivity index (χ3v) is 11.3. The molecule has 0 unspecified atom stereocenters. The van der Waals surface area contributed by atoms with Gasteiger partial charge in [-0.25, -0.2) is 14.8 Å². The van der Waals surface area contributed by atoms with Crippen LogP contribution in [0.1, 0.15) is 84.0 Å². The van der Waals surface area contributed by atoms with Crippen LogP contribution in [-0.2, 0) is 14.3 Å². The van der Waals surface area contributed by atoms with Crippen LogP contribution in [0.2, 0.25) is 0 Å². The van der Waals surface area contributed by atoms with Crippen LogP contribution in [0.25, 0.3) is 33.6 Å². The van der Waals surface area contributed by atoms with E-state index >= 15 is 0 Å². The van der Waals surface area contributed by atoms with Crippen molar-refractivity contribution in [1.29, 1.82) is 0 Å². The number of carbonyl (C=O) groups is 3. The van der Waals surface area contributed by atoms with E-state index in [1.54, 1.807) is 18.0 Å². The van der Waals surface area contributed by atoms with Gasteiger partial charge in [-0.05, 0) is 60.8 Å². The zero-order valence-electron chi connectivity index (χ0n) is 32.3. The number of aliphatic imine (C=N–C) groups is 1. The Balaban J connectivity index is 1.00. The molecule has 7 rings (SSSR count). The van der Waals surface area contributed by atoms with Gasteiger partial charge >= 0.3 is 6.09 Å². The highest BCUT2D eigenvalue weighted by atomic mass is 16.6. The number of hydrogen-bond donors (Lipinski definition) is 5. The average molecular weight is 749 g/mol. The SMILES string of the molecule is CC(C)[C@H](NC1=NCCN1)C(=O)N1CCC[C@H]1c1ncc(-c2ccc(-c3ccc(-c4cnc([C@@H]5CCCN5C(=O)[C@@](C)(OC(N)=O)C(C)C)[nH]4)cc3)cc2)[nH]1. The number of rotatable bonds is 11. The lowest BCUT2D eigenvalue weighted by Crippen LogP contribution is -2.53. The van der Waals surface area contributed by atoms with Crippen LogP contribution in [-0.4, -0.2) is 91.4 Å². The topological polar surface area (TPSA) is 187 Å². The Labute approximate surface area is 321 Å².